The average molecular weight is 194 g/mol. The van der Waals surface area contributed by atoms with Crippen molar-refractivity contribution in [3.05, 3.63) is 0 Å². The van der Waals surface area contributed by atoms with Crippen molar-refractivity contribution in [2.45, 2.75) is 32.2 Å². The summed E-state index contributed by atoms with van der Waals surface area (Å²) in [5, 5.41) is 9.43. The molecule has 1 aliphatic rings. The Morgan fingerprint density at radius 1 is 1.75 bits per heavy atom. The average Bonchev–Trinajstić information content (AvgIpc) is 2.68. The number of aliphatic hydroxyl groups is 1. The first-order valence-corrected chi connectivity index (χ1v) is 4.65. The van der Waals surface area contributed by atoms with Crippen LogP contribution in [0.25, 0.3) is 0 Å². The van der Waals surface area contributed by atoms with Crippen molar-refractivity contribution in [1.82, 2.24) is 10.2 Å². The lowest BCUT2D eigenvalue weighted by molar-refractivity contribution is 0.00235. The fourth-order valence-corrected chi connectivity index (χ4v) is 1.44. The van der Waals surface area contributed by atoms with Crippen LogP contribution in [-0.4, -0.2) is 21.3 Å². The lowest BCUT2D eigenvalue weighted by atomic mass is 10.0. The van der Waals surface area contributed by atoms with E-state index in [0.717, 1.165) is 0 Å². The Bertz CT molecular complexity index is 172. The van der Waals surface area contributed by atoms with Crippen LogP contribution in [0, 0.1) is 5.92 Å². The zero-order valence-electron chi connectivity index (χ0n) is 7.07. The minimum atomic E-state index is -1.32. The van der Waals surface area contributed by atoms with Crippen LogP contribution in [0.5, 0.6) is 0 Å². The van der Waals surface area contributed by atoms with Crippen molar-refractivity contribution in [3.63, 3.8) is 0 Å². The third-order valence-electron chi connectivity index (χ3n) is 1.70. The van der Waals surface area contributed by atoms with Gasteiger partial charge in [-0.1, -0.05) is 13.8 Å². The molecule has 1 fully saturated rings. The predicted molar refractivity (Wildman–Crippen MR) is 45.1 cm³/mol. The summed E-state index contributed by atoms with van der Waals surface area (Å²) in [5.74, 6) is -0.916. The van der Waals surface area contributed by atoms with Crippen LogP contribution in [0.15, 0.2) is 0 Å². The summed E-state index contributed by atoms with van der Waals surface area (Å²) in [7, 11) is 0. The van der Waals surface area contributed by atoms with Crippen molar-refractivity contribution in [1.29, 1.82) is 0 Å². The van der Waals surface area contributed by atoms with Gasteiger partial charge in [-0.15, -0.1) is 5.48 Å². The van der Waals surface area contributed by atoms with Crippen LogP contribution >= 0.6 is 0 Å². The minimum Gasteiger partial charge on any atom is -0.349 e. The van der Waals surface area contributed by atoms with E-state index in [1.807, 2.05) is 13.8 Å². The van der Waals surface area contributed by atoms with Gasteiger partial charge < -0.3 is 5.11 Å². The lowest BCUT2D eigenvalue weighted by Crippen LogP contribution is -2.43. The van der Waals surface area contributed by atoms with Gasteiger partial charge in [-0.05, 0) is 12.3 Å². The van der Waals surface area contributed by atoms with Crippen molar-refractivity contribution >= 4 is 11.9 Å². The molecule has 0 aromatic rings. The van der Waals surface area contributed by atoms with Gasteiger partial charge in [-0.25, -0.2) is 13.8 Å². The smallest absolute Gasteiger partial charge is 0.281 e. The summed E-state index contributed by atoms with van der Waals surface area (Å²) >= 11 is -0.195. The number of hydrogen-bond acceptors (Lipinski definition) is 4. The summed E-state index contributed by atoms with van der Waals surface area (Å²) in [6.07, 6.45) is 0.693. The fourth-order valence-electron chi connectivity index (χ4n) is 1.03. The van der Waals surface area contributed by atoms with Crippen molar-refractivity contribution in [3.8, 4) is 0 Å². The summed E-state index contributed by atoms with van der Waals surface area (Å²) in [5.41, 5.74) is 2.35. The molecule has 1 rings (SSSR count). The van der Waals surface area contributed by atoms with E-state index in [-0.39, 0.29) is 17.9 Å². The molecule has 12 heavy (non-hydrogen) atoms. The predicted octanol–water partition coefficient (Wildman–Crippen LogP) is -0.968. The summed E-state index contributed by atoms with van der Waals surface area (Å²) in [6, 6.07) is -0.336. The Morgan fingerprint density at radius 2 is 2.33 bits per heavy atom. The maximum absolute atomic E-state index is 10.3. The number of nitrogens with one attached hydrogen (secondary N) is 2. The molecule has 3 N–H and O–H groups in total. The van der Waals surface area contributed by atoms with E-state index in [4.69, 9.17) is 0 Å². The van der Waals surface area contributed by atoms with Gasteiger partial charge in [0.15, 0.2) is 0 Å². The molecule has 0 radical (unpaired) electrons. The summed E-state index contributed by atoms with van der Waals surface area (Å²) in [4.78, 5) is 4.61. The van der Waals surface area contributed by atoms with Crippen LogP contribution < -0.4 is 10.2 Å². The highest BCUT2D eigenvalue weighted by Crippen LogP contribution is 2.24. The van der Waals surface area contributed by atoms with Crippen LogP contribution in [0.4, 0.5) is 0 Å². The lowest BCUT2D eigenvalue weighted by Gasteiger charge is -2.17. The maximum atomic E-state index is 10.3. The van der Waals surface area contributed by atoms with E-state index in [0.29, 0.717) is 12.3 Å². The van der Waals surface area contributed by atoms with E-state index < -0.39 is 5.91 Å². The second-order valence-electron chi connectivity index (χ2n) is 3.30. The number of rotatable bonds is 5. The highest BCUT2D eigenvalue weighted by Gasteiger charge is 2.50. The standard InChI is InChI=1S/C6H14N2O3S/c1-4(2)3-5(7-12-10)6(9)8-11-6/h4-5,8-9,12H,3H2,1-2H3,(H,7,10)/t5-,6?/m0/s1. The topological polar surface area (TPSA) is 83.8 Å². The monoisotopic (exact) mass is 194 g/mol. The molecular formula is C6H14N2O3S. The molecule has 1 heterocycles. The molecule has 0 saturated carbocycles. The molecule has 6 heteroatoms. The van der Waals surface area contributed by atoms with Crippen LogP contribution in [0.3, 0.4) is 0 Å². The zero-order valence-corrected chi connectivity index (χ0v) is 7.97. The molecular weight excluding hydrogens is 180 g/mol. The Labute approximate surface area is 75.1 Å². The minimum absolute atomic E-state index is 0.195. The third-order valence-corrected chi connectivity index (χ3v) is 2.12. The first-order valence-electron chi connectivity index (χ1n) is 3.84. The summed E-state index contributed by atoms with van der Waals surface area (Å²) in [6.45, 7) is 4.03. The Morgan fingerprint density at radius 3 is 2.67 bits per heavy atom. The Hall–Kier alpha value is -0.0100. The van der Waals surface area contributed by atoms with Gasteiger partial charge in [0.25, 0.3) is 5.91 Å². The van der Waals surface area contributed by atoms with Gasteiger partial charge in [0, 0.05) is 0 Å². The van der Waals surface area contributed by atoms with E-state index in [1.165, 1.54) is 0 Å². The van der Waals surface area contributed by atoms with Crippen LogP contribution in [-0.2, 0) is 16.7 Å². The van der Waals surface area contributed by atoms with E-state index in [1.54, 1.807) is 0 Å². The molecule has 1 saturated heterocycles. The first kappa shape index (κ1) is 10.1. The quantitative estimate of drug-likeness (QED) is 0.335. The molecule has 0 spiro atoms. The molecule has 5 nitrogen and oxygen atoms in total. The number of hydroxylamine groups is 1. The second kappa shape index (κ2) is 3.80. The molecule has 1 unspecified atom stereocenters. The van der Waals surface area contributed by atoms with E-state index >= 15 is 0 Å². The normalized spacial score (nSPS) is 30.7. The molecule has 0 bridgehead atoms. The highest BCUT2D eigenvalue weighted by atomic mass is 32.2. The summed E-state index contributed by atoms with van der Waals surface area (Å²) < 4.78 is 12.9. The highest BCUT2D eigenvalue weighted by molar-refractivity contribution is 7.63. The second-order valence-corrected chi connectivity index (χ2v) is 3.74. The third kappa shape index (κ3) is 2.49. The molecule has 72 valence electrons. The van der Waals surface area contributed by atoms with Crippen LogP contribution in [0.2, 0.25) is 0 Å². The number of hydrogen-bond donors (Lipinski definition) is 4. The molecule has 0 aliphatic carbocycles. The molecule has 2 atom stereocenters. The van der Waals surface area contributed by atoms with Crippen LogP contribution in [0.1, 0.15) is 20.3 Å². The largest absolute Gasteiger partial charge is 0.349 e. The Balaban J connectivity index is 2.43. The molecule has 0 amide bonds. The van der Waals surface area contributed by atoms with Gasteiger partial charge in [-0.3, -0.25) is 0 Å². The van der Waals surface area contributed by atoms with Gasteiger partial charge in [0.1, 0.15) is 0 Å². The van der Waals surface area contributed by atoms with Gasteiger partial charge in [0.05, 0.1) is 17.9 Å². The fraction of sp³-hybridized carbons (Fsp3) is 1.00. The van der Waals surface area contributed by atoms with Gasteiger partial charge in [0.2, 0.25) is 0 Å². The van der Waals surface area contributed by atoms with Gasteiger partial charge in [-0.2, -0.15) is 0 Å². The van der Waals surface area contributed by atoms with Crippen molar-refractivity contribution in [2.24, 2.45) is 5.92 Å². The van der Waals surface area contributed by atoms with E-state index in [2.05, 4.69) is 15.0 Å². The van der Waals surface area contributed by atoms with Crippen molar-refractivity contribution < 1.29 is 14.2 Å². The number of thiol groups is 1. The van der Waals surface area contributed by atoms with E-state index in [9.17, 15) is 9.32 Å². The molecule has 0 aromatic heterocycles. The SMILES string of the molecule is CC(C)C[C@H](N[SH]=O)C1(O)NO1. The molecule has 0 aromatic carbocycles. The zero-order chi connectivity index (χ0) is 9.19. The first-order chi connectivity index (χ1) is 5.58. The maximum Gasteiger partial charge on any atom is 0.281 e. The molecule has 1 aliphatic heterocycles. The van der Waals surface area contributed by atoms with Crippen molar-refractivity contribution in [2.75, 3.05) is 0 Å². The van der Waals surface area contributed by atoms with Gasteiger partial charge >= 0.3 is 0 Å². The Kier molecular flexibility index (Phi) is 3.19.